The van der Waals surface area contributed by atoms with E-state index in [4.69, 9.17) is 16.3 Å². The van der Waals surface area contributed by atoms with Crippen LogP contribution in [-0.4, -0.2) is 7.11 Å². The molecule has 0 aromatic heterocycles. The van der Waals surface area contributed by atoms with Gasteiger partial charge < -0.3 is 4.74 Å². The zero-order valence-corrected chi connectivity index (χ0v) is 13.6. The SMILES string of the molecule is COc1ccc(C(Cl)C2CC2c2ccccc2)cc1Br. The average Bonchev–Trinajstić information content (AvgIpc) is 3.28. The summed E-state index contributed by atoms with van der Waals surface area (Å²) in [6.07, 6.45) is 1.17. The molecule has 2 aromatic carbocycles. The van der Waals surface area contributed by atoms with Crippen LogP contribution in [0.25, 0.3) is 0 Å². The van der Waals surface area contributed by atoms with Crippen LogP contribution in [0.15, 0.2) is 53.0 Å². The zero-order valence-electron chi connectivity index (χ0n) is 11.2. The summed E-state index contributed by atoms with van der Waals surface area (Å²) in [5, 5.41) is 0.0578. The van der Waals surface area contributed by atoms with Crippen LogP contribution in [0, 0.1) is 5.92 Å². The molecule has 1 aliphatic carbocycles. The van der Waals surface area contributed by atoms with Crippen LogP contribution in [0.3, 0.4) is 0 Å². The topological polar surface area (TPSA) is 9.23 Å². The van der Waals surface area contributed by atoms with Crippen molar-refractivity contribution in [2.45, 2.75) is 17.7 Å². The standard InChI is InChI=1S/C17H16BrClO/c1-20-16-8-7-12(9-15(16)18)17(19)14-10-13(14)11-5-3-2-4-6-11/h2-9,13-14,17H,10H2,1H3. The minimum atomic E-state index is 0.0578. The number of ether oxygens (including phenoxy) is 1. The highest BCUT2D eigenvalue weighted by molar-refractivity contribution is 9.10. The lowest BCUT2D eigenvalue weighted by Gasteiger charge is -2.12. The highest BCUT2D eigenvalue weighted by Gasteiger charge is 2.43. The third-order valence-corrected chi connectivity index (χ3v) is 5.13. The van der Waals surface area contributed by atoms with Crippen LogP contribution >= 0.6 is 27.5 Å². The molecule has 3 atom stereocenters. The van der Waals surface area contributed by atoms with Gasteiger partial charge in [0.2, 0.25) is 0 Å². The van der Waals surface area contributed by atoms with E-state index in [0.717, 1.165) is 15.8 Å². The minimum absolute atomic E-state index is 0.0578. The maximum atomic E-state index is 6.65. The van der Waals surface area contributed by atoms with Crippen LogP contribution in [0.4, 0.5) is 0 Å². The summed E-state index contributed by atoms with van der Waals surface area (Å²) in [5.41, 5.74) is 2.55. The molecule has 0 radical (unpaired) electrons. The van der Waals surface area contributed by atoms with E-state index in [1.807, 2.05) is 6.07 Å². The fourth-order valence-electron chi connectivity index (χ4n) is 2.72. The summed E-state index contributed by atoms with van der Waals surface area (Å²) in [6.45, 7) is 0. The number of rotatable bonds is 4. The maximum Gasteiger partial charge on any atom is 0.133 e. The Hall–Kier alpha value is -0.990. The van der Waals surface area contributed by atoms with Crippen LogP contribution < -0.4 is 4.74 Å². The van der Waals surface area contributed by atoms with E-state index in [0.29, 0.717) is 11.8 Å². The van der Waals surface area contributed by atoms with Gasteiger partial charge in [-0.3, -0.25) is 0 Å². The Bertz CT molecular complexity index is 599. The van der Waals surface area contributed by atoms with Gasteiger partial charge in [-0.05, 0) is 57.4 Å². The number of hydrogen-bond acceptors (Lipinski definition) is 1. The van der Waals surface area contributed by atoms with Crippen molar-refractivity contribution >= 4 is 27.5 Å². The zero-order chi connectivity index (χ0) is 14.1. The molecule has 0 spiro atoms. The van der Waals surface area contributed by atoms with Crippen molar-refractivity contribution in [2.75, 3.05) is 7.11 Å². The molecule has 0 amide bonds. The van der Waals surface area contributed by atoms with Gasteiger partial charge in [0.05, 0.1) is 17.0 Å². The molecular formula is C17H16BrClO. The van der Waals surface area contributed by atoms with E-state index >= 15 is 0 Å². The first-order valence-electron chi connectivity index (χ1n) is 6.73. The normalized spacial score (nSPS) is 22.4. The smallest absolute Gasteiger partial charge is 0.133 e. The number of alkyl halides is 1. The molecule has 3 rings (SSSR count). The second-order valence-electron chi connectivity index (χ2n) is 5.21. The summed E-state index contributed by atoms with van der Waals surface area (Å²) >= 11 is 10.2. The third kappa shape index (κ3) is 2.72. The van der Waals surface area contributed by atoms with E-state index in [-0.39, 0.29) is 5.38 Å². The second-order valence-corrected chi connectivity index (χ2v) is 6.54. The first kappa shape index (κ1) is 14.0. The first-order chi connectivity index (χ1) is 9.70. The maximum absolute atomic E-state index is 6.65. The quantitative estimate of drug-likeness (QED) is 0.657. The molecule has 0 bridgehead atoms. The molecule has 0 saturated heterocycles. The van der Waals surface area contributed by atoms with E-state index in [1.165, 1.54) is 12.0 Å². The predicted octanol–water partition coefficient (Wildman–Crippen LogP) is 5.54. The van der Waals surface area contributed by atoms with E-state index in [1.54, 1.807) is 7.11 Å². The molecular weight excluding hydrogens is 336 g/mol. The van der Waals surface area contributed by atoms with Gasteiger partial charge in [-0.2, -0.15) is 0 Å². The average molecular weight is 352 g/mol. The molecule has 1 aliphatic rings. The summed E-state index contributed by atoms with van der Waals surface area (Å²) in [4.78, 5) is 0. The fraction of sp³-hybridized carbons (Fsp3) is 0.294. The molecule has 1 nitrogen and oxygen atoms in total. The van der Waals surface area contributed by atoms with Crippen molar-refractivity contribution in [2.24, 2.45) is 5.92 Å². The highest BCUT2D eigenvalue weighted by atomic mass is 79.9. The van der Waals surface area contributed by atoms with Crippen molar-refractivity contribution in [3.05, 3.63) is 64.1 Å². The molecule has 1 saturated carbocycles. The van der Waals surface area contributed by atoms with Gasteiger partial charge in [0.15, 0.2) is 0 Å². The largest absolute Gasteiger partial charge is 0.496 e. The summed E-state index contributed by atoms with van der Waals surface area (Å²) < 4.78 is 6.21. The monoisotopic (exact) mass is 350 g/mol. The summed E-state index contributed by atoms with van der Waals surface area (Å²) in [7, 11) is 1.67. The second kappa shape index (κ2) is 5.79. The fourth-order valence-corrected chi connectivity index (χ4v) is 3.70. The molecule has 1 fully saturated rings. The van der Waals surface area contributed by atoms with Crippen molar-refractivity contribution in [1.82, 2.24) is 0 Å². The van der Waals surface area contributed by atoms with E-state index < -0.39 is 0 Å². The predicted molar refractivity (Wildman–Crippen MR) is 86.6 cm³/mol. The third-order valence-electron chi connectivity index (χ3n) is 3.94. The Morgan fingerprint density at radius 3 is 2.60 bits per heavy atom. The minimum Gasteiger partial charge on any atom is -0.496 e. The number of hydrogen-bond donors (Lipinski definition) is 0. The van der Waals surface area contributed by atoms with Gasteiger partial charge >= 0.3 is 0 Å². The Morgan fingerprint density at radius 2 is 1.95 bits per heavy atom. The van der Waals surface area contributed by atoms with Crippen LogP contribution in [0.5, 0.6) is 5.75 Å². The molecule has 104 valence electrons. The lowest BCUT2D eigenvalue weighted by Crippen LogP contribution is -1.96. The molecule has 2 aromatic rings. The Morgan fingerprint density at radius 1 is 1.20 bits per heavy atom. The lowest BCUT2D eigenvalue weighted by atomic mass is 10.0. The van der Waals surface area contributed by atoms with Gasteiger partial charge in [-0.1, -0.05) is 36.4 Å². The molecule has 0 aliphatic heterocycles. The highest BCUT2D eigenvalue weighted by Crippen LogP contribution is 2.56. The van der Waals surface area contributed by atoms with Gasteiger partial charge in [0.25, 0.3) is 0 Å². The van der Waals surface area contributed by atoms with Crippen molar-refractivity contribution < 1.29 is 4.74 Å². The van der Waals surface area contributed by atoms with Crippen molar-refractivity contribution in [1.29, 1.82) is 0 Å². The van der Waals surface area contributed by atoms with Crippen molar-refractivity contribution in [3.63, 3.8) is 0 Å². The molecule has 20 heavy (non-hydrogen) atoms. The lowest BCUT2D eigenvalue weighted by molar-refractivity contribution is 0.412. The summed E-state index contributed by atoms with van der Waals surface area (Å²) in [5.74, 6) is 1.96. The number of halogens is 2. The van der Waals surface area contributed by atoms with Gasteiger partial charge in [0.1, 0.15) is 5.75 Å². The van der Waals surface area contributed by atoms with Crippen LogP contribution in [-0.2, 0) is 0 Å². The molecule has 0 N–H and O–H groups in total. The van der Waals surface area contributed by atoms with Gasteiger partial charge in [-0.25, -0.2) is 0 Å². The van der Waals surface area contributed by atoms with Gasteiger partial charge in [0, 0.05) is 0 Å². The van der Waals surface area contributed by atoms with Crippen molar-refractivity contribution in [3.8, 4) is 5.75 Å². The van der Waals surface area contributed by atoms with Crippen LogP contribution in [0.1, 0.15) is 28.8 Å². The Balaban J connectivity index is 1.75. The van der Waals surface area contributed by atoms with Crippen LogP contribution in [0.2, 0.25) is 0 Å². The number of methoxy groups -OCH3 is 1. The van der Waals surface area contributed by atoms with E-state index in [9.17, 15) is 0 Å². The molecule has 3 unspecified atom stereocenters. The Labute approximate surface area is 133 Å². The van der Waals surface area contributed by atoms with E-state index in [2.05, 4.69) is 58.4 Å². The number of benzene rings is 2. The summed E-state index contributed by atoms with van der Waals surface area (Å²) in [6, 6.07) is 16.7. The Kier molecular flexibility index (Phi) is 4.04. The van der Waals surface area contributed by atoms with Gasteiger partial charge in [-0.15, -0.1) is 11.6 Å². The first-order valence-corrected chi connectivity index (χ1v) is 7.96. The molecule has 0 heterocycles. The molecule has 3 heteroatoms.